The lowest BCUT2D eigenvalue weighted by Gasteiger charge is -2.20. The van der Waals surface area contributed by atoms with E-state index in [1.165, 1.54) is 17.4 Å². The first-order valence-corrected chi connectivity index (χ1v) is 8.49. The fraction of sp³-hybridized carbons (Fsp3) is 0.412. The quantitative estimate of drug-likeness (QED) is 0.880. The molecule has 2 rings (SSSR count). The molecule has 1 unspecified atom stereocenters. The highest BCUT2D eigenvalue weighted by Gasteiger charge is 2.18. The number of carbonyl (C=O) groups is 1. The summed E-state index contributed by atoms with van der Waals surface area (Å²) in [4.78, 5) is 18.3. The lowest BCUT2D eigenvalue weighted by molar-refractivity contribution is 0.0784. The highest BCUT2D eigenvalue weighted by atomic mass is 32.1. The molecule has 0 bridgehead atoms. The molecular weight excluding hydrogens is 313 g/mol. The minimum atomic E-state index is -0.336. The number of benzene rings is 1. The van der Waals surface area contributed by atoms with Gasteiger partial charge in [-0.15, -0.1) is 11.3 Å². The van der Waals surface area contributed by atoms with Gasteiger partial charge in [0.05, 0.1) is 0 Å². The van der Waals surface area contributed by atoms with E-state index in [2.05, 4.69) is 18.8 Å². The summed E-state index contributed by atoms with van der Waals surface area (Å²) in [5, 5.41) is 2.18. The number of nitrogens with zero attached hydrogens (tertiary/aromatic N) is 2. The van der Waals surface area contributed by atoms with Crippen LogP contribution in [0.4, 0.5) is 4.39 Å². The first kappa shape index (κ1) is 17.6. The lowest BCUT2D eigenvalue weighted by Crippen LogP contribution is -2.34. The van der Waals surface area contributed by atoms with E-state index in [4.69, 9.17) is 5.73 Å². The van der Waals surface area contributed by atoms with Gasteiger partial charge in [0, 0.05) is 30.6 Å². The Morgan fingerprint density at radius 1 is 1.39 bits per heavy atom. The van der Waals surface area contributed by atoms with Crippen LogP contribution in [0.25, 0.3) is 10.6 Å². The van der Waals surface area contributed by atoms with Gasteiger partial charge in [0.2, 0.25) is 0 Å². The van der Waals surface area contributed by atoms with Crippen molar-refractivity contribution in [2.75, 3.05) is 13.6 Å². The fourth-order valence-corrected chi connectivity index (χ4v) is 2.92. The van der Waals surface area contributed by atoms with Crippen LogP contribution in [0.15, 0.2) is 29.6 Å². The van der Waals surface area contributed by atoms with Gasteiger partial charge in [-0.05, 0) is 24.5 Å². The molecule has 4 nitrogen and oxygen atoms in total. The predicted octanol–water partition coefficient (Wildman–Crippen LogP) is 3.39. The Labute approximate surface area is 140 Å². The Balaban J connectivity index is 2.05. The van der Waals surface area contributed by atoms with Gasteiger partial charge in [-0.1, -0.05) is 26.0 Å². The Kier molecular flexibility index (Phi) is 5.85. The Bertz CT molecular complexity index is 671. The van der Waals surface area contributed by atoms with Crippen LogP contribution in [0.5, 0.6) is 0 Å². The molecule has 1 aromatic carbocycles. The maximum absolute atomic E-state index is 13.8. The number of hydrogen-bond acceptors (Lipinski definition) is 4. The lowest BCUT2D eigenvalue weighted by atomic mass is 10.0. The topological polar surface area (TPSA) is 59.2 Å². The molecule has 0 radical (unpaired) electrons. The number of nitrogens with two attached hydrogens (primary N) is 1. The van der Waals surface area contributed by atoms with E-state index < -0.39 is 0 Å². The van der Waals surface area contributed by atoms with E-state index in [1.807, 2.05) is 0 Å². The third-order valence-electron chi connectivity index (χ3n) is 3.83. The number of amides is 1. The van der Waals surface area contributed by atoms with Gasteiger partial charge in [0.25, 0.3) is 5.91 Å². The summed E-state index contributed by atoms with van der Waals surface area (Å²) < 4.78 is 13.8. The number of carbonyl (C=O) groups excluding carboxylic acids is 1. The van der Waals surface area contributed by atoms with E-state index in [1.54, 1.807) is 35.5 Å². The molecule has 1 heterocycles. The third kappa shape index (κ3) is 4.36. The Morgan fingerprint density at radius 2 is 2.09 bits per heavy atom. The van der Waals surface area contributed by atoms with E-state index in [9.17, 15) is 9.18 Å². The largest absolute Gasteiger partial charge is 0.340 e. The summed E-state index contributed by atoms with van der Waals surface area (Å²) >= 11 is 1.27. The molecule has 6 heteroatoms. The number of rotatable bonds is 6. The minimum Gasteiger partial charge on any atom is -0.340 e. The van der Waals surface area contributed by atoms with Crippen LogP contribution in [-0.4, -0.2) is 35.4 Å². The zero-order valence-electron chi connectivity index (χ0n) is 13.6. The third-order valence-corrected chi connectivity index (χ3v) is 4.70. The first-order chi connectivity index (χ1) is 10.9. The summed E-state index contributed by atoms with van der Waals surface area (Å²) in [5.74, 6) is -0.123. The molecular formula is C17H22FN3OS. The van der Waals surface area contributed by atoms with Crippen molar-refractivity contribution < 1.29 is 9.18 Å². The van der Waals surface area contributed by atoms with Crippen molar-refractivity contribution in [2.24, 2.45) is 11.7 Å². The molecule has 124 valence electrons. The second-order valence-corrected chi connectivity index (χ2v) is 6.80. The van der Waals surface area contributed by atoms with Gasteiger partial charge in [0.15, 0.2) is 0 Å². The maximum Gasteiger partial charge on any atom is 0.273 e. The van der Waals surface area contributed by atoms with Crippen molar-refractivity contribution in [3.05, 3.63) is 41.2 Å². The molecule has 0 aliphatic carbocycles. The summed E-state index contributed by atoms with van der Waals surface area (Å²) in [7, 11) is 1.73. The second kappa shape index (κ2) is 7.66. The minimum absolute atomic E-state index is 0.0645. The first-order valence-electron chi connectivity index (χ1n) is 7.61. The van der Waals surface area contributed by atoms with Crippen molar-refractivity contribution >= 4 is 17.2 Å². The predicted molar refractivity (Wildman–Crippen MR) is 91.9 cm³/mol. The molecule has 0 spiro atoms. The van der Waals surface area contributed by atoms with Crippen molar-refractivity contribution in [3.63, 3.8) is 0 Å². The summed E-state index contributed by atoms with van der Waals surface area (Å²) in [6.45, 7) is 4.70. The molecule has 0 saturated heterocycles. The summed E-state index contributed by atoms with van der Waals surface area (Å²) in [5.41, 5.74) is 6.77. The number of thiazole rings is 1. The van der Waals surface area contributed by atoms with Gasteiger partial charge >= 0.3 is 0 Å². The van der Waals surface area contributed by atoms with Crippen molar-refractivity contribution in [1.82, 2.24) is 9.88 Å². The highest BCUT2D eigenvalue weighted by Crippen LogP contribution is 2.26. The molecule has 1 amide bonds. The fourth-order valence-electron chi connectivity index (χ4n) is 2.10. The summed E-state index contributed by atoms with van der Waals surface area (Å²) in [6, 6.07) is 6.49. The molecule has 2 N–H and O–H groups in total. The standard InChI is InChI=1S/C17H22FN3OS/c1-11(2)14(19)8-9-21(3)17(22)15-10-23-16(20-15)12-6-4-5-7-13(12)18/h4-7,10-11,14H,8-9,19H2,1-3H3. The average molecular weight is 335 g/mol. The number of halogens is 1. The van der Waals surface area contributed by atoms with E-state index in [0.717, 1.165) is 6.42 Å². The molecule has 23 heavy (non-hydrogen) atoms. The van der Waals surface area contributed by atoms with Crippen LogP contribution in [0.2, 0.25) is 0 Å². The molecule has 2 aromatic rings. The van der Waals surface area contributed by atoms with E-state index in [-0.39, 0.29) is 17.8 Å². The van der Waals surface area contributed by atoms with Crippen molar-refractivity contribution in [2.45, 2.75) is 26.3 Å². The zero-order chi connectivity index (χ0) is 17.0. The molecule has 0 aliphatic heterocycles. The number of aromatic nitrogens is 1. The second-order valence-electron chi connectivity index (χ2n) is 5.94. The smallest absolute Gasteiger partial charge is 0.273 e. The zero-order valence-corrected chi connectivity index (χ0v) is 14.4. The Morgan fingerprint density at radius 3 is 2.74 bits per heavy atom. The molecule has 1 aromatic heterocycles. The SMILES string of the molecule is CC(C)C(N)CCN(C)C(=O)c1csc(-c2ccccc2F)n1. The molecule has 0 fully saturated rings. The van der Waals surface area contributed by atoms with Crippen LogP contribution in [-0.2, 0) is 0 Å². The van der Waals surface area contributed by atoms with Crippen LogP contribution < -0.4 is 5.73 Å². The highest BCUT2D eigenvalue weighted by molar-refractivity contribution is 7.13. The van der Waals surface area contributed by atoms with Gasteiger partial charge < -0.3 is 10.6 Å². The van der Waals surface area contributed by atoms with E-state index >= 15 is 0 Å². The van der Waals surface area contributed by atoms with E-state index in [0.29, 0.717) is 28.7 Å². The van der Waals surface area contributed by atoms with Crippen molar-refractivity contribution in [1.29, 1.82) is 0 Å². The van der Waals surface area contributed by atoms with Crippen LogP contribution >= 0.6 is 11.3 Å². The van der Waals surface area contributed by atoms with Gasteiger partial charge in [0.1, 0.15) is 16.5 Å². The maximum atomic E-state index is 13.8. The van der Waals surface area contributed by atoms with Crippen molar-refractivity contribution in [3.8, 4) is 10.6 Å². The van der Waals surface area contributed by atoms with Gasteiger partial charge in [-0.25, -0.2) is 9.37 Å². The molecule has 1 atom stereocenters. The molecule has 0 aliphatic rings. The number of hydrogen-bond donors (Lipinski definition) is 1. The average Bonchev–Trinajstić information content (AvgIpc) is 3.01. The van der Waals surface area contributed by atoms with Crippen LogP contribution in [0, 0.1) is 11.7 Å². The monoisotopic (exact) mass is 335 g/mol. The van der Waals surface area contributed by atoms with Crippen LogP contribution in [0.3, 0.4) is 0 Å². The normalized spacial score (nSPS) is 12.4. The van der Waals surface area contributed by atoms with Crippen LogP contribution in [0.1, 0.15) is 30.8 Å². The van der Waals surface area contributed by atoms with Gasteiger partial charge in [-0.2, -0.15) is 0 Å². The molecule has 0 saturated carbocycles. The van der Waals surface area contributed by atoms with Gasteiger partial charge in [-0.3, -0.25) is 4.79 Å². The Hall–Kier alpha value is -1.79. The summed E-state index contributed by atoms with van der Waals surface area (Å²) in [6.07, 6.45) is 0.740.